The van der Waals surface area contributed by atoms with Crippen LogP contribution in [0.1, 0.15) is 35.2 Å². The predicted octanol–water partition coefficient (Wildman–Crippen LogP) is 3.67. The smallest absolute Gasteiger partial charge is 0.262 e. The summed E-state index contributed by atoms with van der Waals surface area (Å²) in [6, 6.07) is 8.30. The molecule has 1 aliphatic carbocycles. The second-order valence-electron chi connectivity index (χ2n) is 5.68. The highest BCUT2D eigenvalue weighted by molar-refractivity contribution is 6.04. The molecule has 3 rings (SSSR count). The minimum absolute atomic E-state index is 0.0418. The van der Waals surface area contributed by atoms with Gasteiger partial charge in [0.25, 0.3) is 5.91 Å². The standard InChI is InChI=1S/C18H15F2NO3/c1-10-8-14(22)18-15(7-6-12(20)17(10)18)24-9-16(23)21-13-5-3-2-4-11(13)19/h2-7,10H,8-9H2,1H3,(H,21,23). The highest BCUT2D eigenvalue weighted by Crippen LogP contribution is 2.39. The molecule has 0 radical (unpaired) electrons. The van der Waals surface area contributed by atoms with Gasteiger partial charge in [-0.25, -0.2) is 8.78 Å². The molecule has 1 amide bonds. The van der Waals surface area contributed by atoms with E-state index in [-0.39, 0.29) is 35.1 Å². The number of para-hydroxylation sites is 1. The van der Waals surface area contributed by atoms with Crippen LogP contribution in [0.2, 0.25) is 0 Å². The van der Waals surface area contributed by atoms with E-state index in [1.54, 1.807) is 13.0 Å². The number of nitrogens with one attached hydrogen (secondary N) is 1. The third-order valence-corrected chi connectivity index (χ3v) is 3.92. The number of Topliss-reactive ketones (excluding diaryl/α,β-unsaturated/α-hetero) is 1. The SMILES string of the molecule is CC1CC(=O)c2c(OCC(=O)Nc3ccccc3F)ccc(F)c21. The first-order valence-corrected chi connectivity index (χ1v) is 7.50. The number of hydrogen-bond donors (Lipinski definition) is 1. The Bertz CT molecular complexity index is 820. The summed E-state index contributed by atoms with van der Waals surface area (Å²) in [5.41, 5.74) is 0.563. The molecule has 0 saturated heterocycles. The summed E-state index contributed by atoms with van der Waals surface area (Å²) in [5, 5.41) is 2.38. The number of ketones is 1. The van der Waals surface area contributed by atoms with Crippen LogP contribution in [0, 0.1) is 11.6 Å². The molecule has 0 aliphatic heterocycles. The Morgan fingerprint density at radius 2 is 1.96 bits per heavy atom. The van der Waals surface area contributed by atoms with Crippen LogP contribution in [-0.4, -0.2) is 18.3 Å². The molecule has 124 valence electrons. The molecule has 6 heteroatoms. The Morgan fingerprint density at radius 3 is 2.71 bits per heavy atom. The summed E-state index contributed by atoms with van der Waals surface area (Å²) < 4.78 is 32.8. The van der Waals surface area contributed by atoms with Crippen molar-refractivity contribution in [3.63, 3.8) is 0 Å². The van der Waals surface area contributed by atoms with Crippen molar-refractivity contribution in [1.82, 2.24) is 0 Å². The average molecular weight is 331 g/mol. The van der Waals surface area contributed by atoms with Crippen molar-refractivity contribution < 1.29 is 23.1 Å². The first-order valence-electron chi connectivity index (χ1n) is 7.50. The van der Waals surface area contributed by atoms with Gasteiger partial charge in [-0.1, -0.05) is 19.1 Å². The van der Waals surface area contributed by atoms with Crippen LogP contribution in [0.3, 0.4) is 0 Å². The minimum Gasteiger partial charge on any atom is -0.483 e. The van der Waals surface area contributed by atoms with Gasteiger partial charge in [0.05, 0.1) is 11.3 Å². The second kappa shape index (κ2) is 6.39. The monoisotopic (exact) mass is 331 g/mol. The zero-order chi connectivity index (χ0) is 17.3. The number of anilines is 1. The zero-order valence-electron chi connectivity index (χ0n) is 12.9. The van der Waals surface area contributed by atoms with Gasteiger partial charge in [0, 0.05) is 12.0 Å². The van der Waals surface area contributed by atoms with E-state index in [4.69, 9.17) is 4.74 Å². The van der Waals surface area contributed by atoms with Gasteiger partial charge in [0.1, 0.15) is 17.4 Å². The molecule has 1 N–H and O–H groups in total. The molecule has 0 fully saturated rings. The lowest BCUT2D eigenvalue weighted by atomic mass is 10.0. The highest BCUT2D eigenvalue weighted by Gasteiger charge is 2.32. The largest absolute Gasteiger partial charge is 0.483 e. The van der Waals surface area contributed by atoms with Crippen LogP contribution in [0.4, 0.5) is 14.5 Å². The Hall–Kier alpha value is -2.76. The van der Waals surface area contributed by atoms with Crippen molar-refractivity contribution in [2.45, 2.75) is 19.3 Å². The molecule has 0 saturated carbocycles. The van der Waals surface area contributed by atoms with Gasteiger partial charge in [-0.3, -0.25) is 9.59 Å². The van der Waals surface area contributed by atoms with Gasteiger partial charge in [-0.15, -0.1) is 0 Å². The number of ether oxygens (including phenoxy) is 1. The number of carbonyl (C=O) groups excluding carboxylic acids is 2. The molecule has 2 aromatic carbocycles. The van der Waals surface area contributed by atoms with Crippen molar-refractivity contribution in [3.8, 4) is 5.75 Å². The van der Waals surface area contributed by atoms with E-state index in [0.29, 0.717) is 5.56 Å². The first kappa shape index (κ1) is 16.1. The molecular formula is C18H15F2NO3. The van der Waals surface area contributed by atoms with E-state index < -0.39 is 24.1 Å². The summed E-state index contributed by atoms with van der Waals surface area (Å²) >= 11 is 0. The molecular weight excluding hydrogens is 316 g/mol. The topological polar surface area (TPSA) is 55.4 Å². The molecule has 1 unspecified atom stereocenters. The third-order valence-electron chi connectivity index (χ3n) is 3.92. The summed E-state index contributed by atoms with van der Waals surface area (Å²) in [5.74, 6) is -1.84. The van der Waals surface area contributed by atoms with E-state index in [1.165, 1.54) is 30.3 Å². The number of amides is 1. The van der Waals surface area contributed by atoms with Crippen LogP contribution in [0.15, 0.2) is 36.4 Å². The molecule has 0 heterocycles. The van der Waals surface area contributed by atoms with Crippen LogP contribution >= 0.6 is 0 Å². The molecule has 2 aromatic rings. The van der Waals surface area contributed by atoms with Gasteiger partial charge in [-0.2, -0.15) is 0 Å². The van der Waals surface area contributed by atoms with Crippen molar-refractivity contribution in [3.05, 3.63) is 59.2 Å². The van der Waals surface area contributed by atoms with Crippen molar-refractivity contribution in [2.75, 3.05) is 11.9 Å². The molecule has 1 atom stereocenters. The Kier molecular flexibility index (Phi) is 4.29. The molecule has 4 nitrogen and oxygen atoms in total. The lowest BCUT2D eigenvalue weighted by Crippen LogP contribution is -2.21. The van der Waals surface area contributed by atoms with E-state index in [2.05, 4.69) is 5.32 Å². The maximum Gasteiger partial charge on any atom is 0.262 e. The van der Waals surface area contributed by atoms with Crippen LogP contribution in [0.25, 0.3) is 0 Å². The fraction of sp³-hybridized carbons (Fsp3) is 0.222. The Labute approximate surface area is 137 Å². The summed E-state index contributed by atoms with van der Waals surface area (Å²) in [4.78, 5) is 23.9. The molecule has 0 aromatic heterocycles. The van der Waals surface area contributed by atoms with Crippen molar-refractivity contribution >= 4 is 17.4 Å². The molecule has 24 heavy (non-hydrogen) atoms. The summed E-state index contributed by atoms with van der Waals surface area (Å²) in [6.07, 6.45) is 0.216. The highest BCUT2D eigenvalue weighted by atomic mass is 19.1. The molecule has 0 bridgehead atoms. The van der Waals surface area contributed by atoms with E-state index in [9.17, 15) is 18.4 Å². The fourth-order valence-electron chi connectivity index (χ4n) is 2.84. The predicted molar refractivity (Wildman–Crippen MR) is 84.3 cm³/mol. The zero-order valence-corrected chi connectivity index (χ0v) is 12.9. The molecule has 1 aliphatic rings. The van der Waals surface area contributed by atoms with E-state index in [0.717, 1.165) is 0 Å². The first-order chi connectivity index (χ1) is 11.5. The lowest BCUT2D eigenvalue weighted by molar-refractivity contribution is -0.118. The van der Waals surface area contributed by atoms with Crippen LogP contribution in [0.5, 0.6) is 5.75 Å². The van der Waals surface area contributed by atoms with Crippen molar-refractivity contribution in [1.29, 1.82) is 0 Å². The fourth-order valence-corrected chi connectivity index (χ4v) is 2.84. The second-order valence-corrected chi connectivity index (χ2v) is 5.68. The van der Waals surface area contributed by atoms with E-state index >= 15 is 0 Å². The number of halogens is 2. The maximum absolute atomic E-state index is 13.9. The van der Waals surface area contributed by atoms with Gasteiger partial charge >= 0.3 is 0 Å². The van der Waals surface area contributed by atoms with Crippen LogP contribution < -0.4 is 10.1 Å². The average Bonchev–Trinajstić information content (AvgIpc) is 2.85. The van der Waals surface area contributed by atoms with E-state index in [1.807, 2.05) is 0 Å². The van der Waals surface area contributed by atoms with Gasteiger partial charge in [0.15, 0.2) is 12.4 Å². The van der Waals surface area contributed by atoms with Gasteiger partial charge < -0.3 is 10.1 Å². The van der Waals surface area contributed by atoms with Crippen molar-refractivity contribution in [2.24, 2.45) is 0 Å². The van der Waals surface area contributed by atoms with Crippen LogP contribution in [-0.2, 0) is 4.79 Å². The van der Waals surface area contributed by atoms with Gasteiger partial charge in [0.2, 0.25) is 0 Å². The number of carbonyl (C=O) groups is 2. The lowest BCUT2D eigenvalue weighted by Gasteiger charge is -2.12. The maximum atomic E-state index is 13.9. The summed E-state index contributed by atoms with van der Waals surface area (Å²) in [7, 11) is 0. The number of fused-ring (bicyclic) bond motifs is 1. The minimum atomic E-state index is -0.573. The normalized spacial score (nSPS) is 16.0. The summed E-state index contributed by atoms with van der Waals surface area (Å²) in [6.45, 7) is 1.36. The number of rotatable bonds is 4. The Balaban J connectivity index is 1.73. The quantitative estimate of drug-likeness (QED) is 0.930. The third kappa shape index (κ3) is 2.99. The molecule has 0 spiro atoms. The number of benzene rings is 2. The Morgan fingerprint density at radius 1 is 1.21 bits per heavy atom. The number of hydrogen-bond acceptors (Lipinski definition) is 3. The van der Waals surface area contributed by atoms with Gasteiger partial charge in [-0.05, 0) is 30.2 Å².